The van der Waals surface area contributed by atoms with E-state index in [4.69, 9.17) is 33.8 Å². The fourth-order valence-corrected chi connectivity index (χ4v) is 5.90. The molecule has 1 amide bonds. The first-order valence-electron chi connectivity index (χ1n) is 9.74. The fraction of sp³-hybridized carbons (Fsp3) is 0.273. The molecule has 2 aromatic carbocycles. The van der Waals surface area contributed by atoms with Crippen LogP contribution in [0, 0.1) is 0 Å². The van der Waals surface area contributed by atoms with Crippen molar-refractivity contribution in [3.8, 4) is 0 Å². The summed E-state index contributed by atoms with van der Waals surface area (Å²) >= 11 is 13.4. The summed E-state index contributed by atoms with van der Waals surface area (Å²) in [5.74, 6) is -0.185. The Balaban J connectivity index is 1.62. The van der Waals surface area contributed by atoms with Crippen LogP contribution in [0.5, 0.6) is 0 Å². The van der Waals surface area contributed by atoms with Gasteiger partial charge in [-0.15, -0.1) is 11.3 Å². The highest BCUT2D eigenvalue weighted by atomic mass is 35.5. The molecule has 2 aliphatic rings. The molecule has 1 unspecified atom stereocenters. The molecule has 166 valence electrons. The molecule has 0 bridgehead atoms. The molecule has 1 aromatic heterocycles. The van der Waals surface area contributed by atoms with Gasteiger partial charge in [0, 0.05) is 41.7 Å². The summed E-state index contributed by atoms with van der Waals surface area (Å²) in [4.78, 5) is 18.1. The Kier molecular flexibility index (Phi) is 4.96. The number of oxime groups is 1. The van der Waals surface area contributed by atoms with Gasteiger partial charge in [0.25, 0.3) is 5.60 Å². The standard InChI is InChI=1S/C22H15Cl2F3N2O2S/c23-12-5-11(6-13(24)7-12)21(22(25,26)27)9-17(29-31-21)15-4-3-14(20(28)30)16-8-18(10-1-2-10)32-19(15)16/h3-8,10H,1-2,9H2,(H2,28,30). The molecule has 5 rings (SSSR count). The number of amides is 1. The van der Waals surface area contributed by atoms with Gasteiger partial charge in [0.2, 0.25) is 5.91 Å². The van der Waals surface area contributed by atoms with Crippen LogP contribution in [0.2, 0.25) is 10.0 Å². The van der Waals surface area contributed by atoms with E-state index >= 15 is 0 Å². The summed E-state index contributed by atoms with van der Waals surface area (Å²) in [7, 11) is 0. The molecule has 0 saturated heterocycles. The second-order valence-corrected chi connectivity index (χ2v) is 9.94. The highest BCUT2D eigenvalue weighted by Gasteiger charge is 2.62. The first kappa shape index (κ1) is 21.6. The van der Waals surface area contributed by atoms with Crippen LogP contribution >= 0.6 is 34.5 Å². The highest BCUT2D eigenvalue weighted by molar-refractivity contribution is 7.19. The monoisotopic (exact) mass is 498 g/mol. The fourth-order valence-electron chi connectivity index (χ4n) is 3.99. The van der Waals surface area contributed by atoms with Gasteiger partial charge in [-0.1, -0.05) is 34.4 Å². The van der Waals surface area contributed by atoms with E-state index in [9.17, 15) is 18.0 Å². The van der Waals surface area contributed by atoms with Gasteiger partial charge >= 0.3 is 6.18 Å². The van der Waals surface area contributed by atoms with Crippen molar-refractivity contribution in [1.82, 2.24) is 0 Å². The van der Waals surface area contributed by atoms with Crippen molar-refractivity contribution in [2.24, 2.45) is 10.9 Å². The van der Waals surface area contributed by atoms with E-state index in [1.54, 1.807) is 6.07 Å². The van der Waals surface area contributed by atoms with Gasteiger partial charge in [0.05, 0.1) is 12.1 Å². The smallest absolute Gasteiger partial charge is 0.374 e. The summed E-state index contributed by atoms with van der Waals surface area (Å²) in [5, 5.41) is 4.61. The number of primary amides is 1. The van der Waals surface area contributed by atoms with E-state index in [0.717, 1.165) is 17.7 Å². The number of fused-ring (bicyclic) bond motifs is 1. The van der Waals surface area contributed by atoms with Crippen LogP contribution in [0.3, 0.4) is 0 Å². The van der Waals surface area contributed by atoms with Gasteiger partial charge in [-0.2, -0.15) is 13.2 Å². The maximum Gasteiger partial charge on any atom is 0.435 e. The molecule has 0 spiro atoms. The zero-order valence-electron chi connectivity index (χ0n) is 16.3. The number of rotatable bonds is 4. The molecule has 1 fully saturated rings. The second kappa shape index (κ2) is 7.37. The Labute approximate surface area is 194 Å². The molecule has 4 nitrogen and oxygen atoms in total. The van der Waals surface area contributed by atoms with E-state index in [1.165, 1.54) is 35.6 Å². The van der Waals surface area contributed by atoms with Crippen molar-refractivity contribution in [3.05, 3.63) is 68.0 Å². The Bertz CT molecular complexity index is 1280. The number of nitrogens with two attached hydrogens (primary N) is 1. The zero-order chi connectivity index (χ0) is 22.8. The summed E-state index contributed by atoms with van der Waals surface area (Å²) in [5.41, 5.74) is 3.52. The van der Waals surface area contributed by atoms with E-state index in [-0.39, 0.29) is 21.3 Å². The topological polar surface area (TPSA) is 64.7 Å². The van der Waals surface area contributed by atoms with Crippen LogP contribution in [-0.4, -0.2) is 17.8 Å². The van der Waals surface area contributed by atoms with Crippen LogP contribution in [0.25, 0.3) is 10.1 Å². The minimum absolute atomic E-state index is 0.0636. The Morgan fingerprint density at radius 1 is 1.16 bits per heavy atom. The molecular weight excluding hydrogens is 484 g/mol. The van der Waals surface area contributed by atoms with Crippen LogP contribution in [-0.2, 0) is 10.4 Å². The number of nitrogens with zero attached hydrogens (tertiary/aromatic N) is 1. The van der Waals surface area contributed by atoms with E-state index < -0.39 is 24.1 Å². The number of hydrogen-bond acceptors (Lipinski definition) is 4. The molecule has 32 heavy (non-hydrogen) atoms. The third kappa shape index (κ3) is 3.45. The zero-order valence-corrected chi connectivity index (χ0v) is 18.6. The molecule has 10 heteroatoms. The number of carbonyl (C=O) groups is 1. The van der Waals surface area contributed by atoms with Gasteiger partial charge in [0.15, 0.2) is 0 Å². The normalized spacial score (nSPS) is 21.0. The first-order chi connectivity index (χ1) is 15.1. The van der Waals surface area contributed by atoms with Crippen molar-refractivity contribution in [2.75, 3.05) is 0 Å². The molecule has 2 N–H and O–H groups in total. The second-order valence-electron chi connectivity index (χ2n) is 7.98. The third-order valence-electron chi connectivity index (χ3n) is 5.77. The minimum atomic E-state index is -4.78. The lowest BCUT2D eigenvalue weighted by Gasteiger charge is -2.29. The predicted molar refractivity (Wildman–Crippen MR) is 119 cm³/mol. The average Bonchev–Trinajstić information content (AvgIpc) is 3.28. The molecule has 1 atom stereocenters. The summed E-state index contributed by atoms with van der Waals surface area (Å²) in [6, 6.07) is 8.73. The lowest BCUT2D eigenvalue weighted by atomic mass is 9.86. The molecule has 2 heterocycles. The largest absolute Gasteiger partial charge is 0.435 e. The molecule has 1 aliphatic carbocycles. The van der Waals surface area contributed by atoms with Crippen LogP contribution in [0.1, 0.15) is 51.5 Å². The van der Waals surface area contributed by atoms with E-state index in [2.05, 4.69) is 5.16 Å². The molecule has 3 aromatic rings. The van der Waals surface area contributed by atoms with Gasteiger partial charge in [0.1, 0.15) is 0 Å². The van der Waals surface area contributed by atoms with Crippen LogP contribution in [0.4, 0.5) is 13.2 Å². The molecule has 1 aliphatic heterocycles. The van der Waals surface area contributed by atoms with Gasteiger partial charge in [-0.25, -0.2) is 0 Å². The number of hydrogen-bond donors (Lipinski definition) is 1. The van der Waals surface area contributed by atoms with Crippen molar-refractivity contribution in [1.29, 1.82) is 0 Å². The Hall–Kier alpha value is -2.29. The van der Waals surface area contributed by atoms with Crippen LogP contribution < -0.4 is 5.73 Å². The summed E-state index contributed by atoms with van der Waals surface area (Å²) in [6.07, 6.45) is -3.25. The predicted octanol–water partition coefficient (Wildman–Crippen LogP) is 6.77. The van der Waals surface area contributed by atoms with Gasteiger partial charge in [-0.05, 0) is 49.1 Å². The molecular formula is C22H15Cl2F3N2O2S. The number of benzene rings is 2. The number of thiophene rings is 1. The SMILES string of the molecule is NC(=O)c1ccc(C2=NOC(c3cc(Cl)cc(Cl)c3)(C(F)(F)F)C2)c2sc(C3CC3)cc12. The lowest BCUT2D eigenvalue weighted by Crippen LogP contribution is -2.42. The molecule has 0 radical (unpaired) electrons. The van der Waals surface area contributed by atoms with Crippen LogP contribution in [0.15, 0.2) is 41.6 Å². The van der Waals surface area contributed by atoms with Crippen molar-refractivity contribution in [3.63, 3.8) is 0 Å². The van der Waals surface area contributed by atoms with E-state index in [0.29, 0.717) is 27.1 Å². The maximum absolute atomic E-state index is 14.3. The minimum Gasteiger partial charge on any atom is -0.374 e. The van der Waals surface area contributed by atoms with Gasteiger partial charge in [-0.3, -0.25) is 4.79 Å². The maximum atomic E-state index is 14.3. The quantitative estimate of drug-likeness (QED) is 0.431. The van der Waals surface area contributed by atoms with Crippen molar-refractivity contribution in [2.45, 2.75) is 37.0 Å². The number of carbonyl (C=O) groups excluding carboxylic acids is 1. The van der Waals surface area contributed by atoms with E-state index in [1.807, 2.05) is 6.07 Å². The summed E-state index contributed by atoms with van der Waals surface area (Å²) in [6.45, 7) is 0. The van der Waals surface area contributed by atoms with Crippen molar-refractivity contribution >= 4 is 56.2 Å². The Morgan fingerprint density at radius 3 is 2.44 bits per heavy atom. The summed E-state index contributed by atoms with van der Waals surface area (Å²) < 4.78 is 43.6. The lowest BCUT2D eigenvalue weighted by molar-refractivity contribution is -0.275. The average molecular weight is 499 g/mol. The van der Waals surface area contributed by atoms with Crippen molar-refractivity contribution < 1.29 is 22.8 Å². The Morgan fingerprint density at radius 2 is 1.84 bits per heavy atom. The third-order valence-corrected chi connectivity index (χ3v) is 7.54. The highest BCUT2D eigenvalue weighted by Crippen LogP contribution is 2.51. The number of alkyl halides is 3. The number of halogens is 5. The van der Waals surface area contributed by atoms with Gasteiger partial charge < -0.3 is 10.6 Å². The molecule has 1 saturated carbocycles. The first-order valence-corrected chi connectivity index (χ1v) is 11.3.